The maximum Gasteiger partial charge on any atom is 0.295 e. The van der Waals surface area contributed by atoms with Crippen LogP contribution in [0.25, 0.3) is 5.76 Å². The Hall–Kier alpha value is -3.80. The number of pyridine rings is 1. The molecule has 0 radical (unpaired) electrons. The van der Waals surface area contributed by atoms with Crippen molar-refractivity contribution in [3.05, 3.63) is 107 Å². The molecule has 0 aliphatic carbocycles. The summed E-state index contributed by atoms with van der Waals surface area (Å²) in [6, 6.07) is 15.7. The molecular formula is C27H25FN2O3. The molecule has 1 aliphatic rings. The number of aliphatic hydroxyl groups is 1. The summed E-state index contributed by atoms with van der Waals surface area (Å²) in [7, 11) is 0. The van der Waals surface area contributed by atoms with Crippen LogP contribution in [0, 0.1) is 5.82 Å². The van der Waals surface area contributed by atoms with Gasteiger partial charge in [-0.1, -0.05) is 51.1 Å². The minimum atomic E-state index is -0.788. The van der Waals surface area contributed by atoms with Gasteiger partial charge in [0.25, 0.3) is 11.7 Å². The lowest BCUT2D eigenvalue weighted by Gasteiger charge is -2.26. The van der Waals surface area contributed by atoms with Crippen LogP contribution in [-0.4, -0.2) is 26.7 Å². The lowest BCUT2D eigenvalue weighted by atomic mass is 9.85. The van der Waals surface area contributed by atoms with Gasteiger partial charge in [-0.2, -0.15) is 0 Å². The highest BCUT2D eigenvalue weighted by Crippen LogP contribution is 2.40. The molecule has 6 heteroatoms. The second kappa shape index (κ2) is 8.62. The molecule has 1 aliphatic heterocycles. The Labute approximate surface area is 192 Å². The van der Waals surface area contributed by atoms with Crippen LogP contribution in [0.2, 0.25) is 0 Å². The van der Waals surface area contributed by atoms with E-state index in [-0.39, 0.29) is 28.9 Å². The van der Waals surface area contributed by atoms with E-state index in [0.717, 1.165) is 11.1 Å². The van der Waals surface area contributed by atoms with Crippen LogP contribution in [-0.2, 0) is 21.5 Å². The molecule has 2 heterocycles. The van der Waals surface area contributed by atoms with E-state index >= 15 is 0 Å². The minimum Gasteiger partial charge on any atom is -0.507 e. The molecule has 1 saturated heterocycles. The third-order valence-electron chi connectivity index (χ3n) is 5.83. The predicted octanol–water partition coefficient (Wildman–Crippen LogP) is 5.14. The Bertz CT molecular complexity index is 1210. The number of hydrogen-bond acceptors (Lipinski definition) is 4. The van der Waals surface area contributed by atoms with Crippen molar-refractivity contribution in [1.82, 2.24) is 9.88 Å². The van der Waals surface area contributed by atoms with E-state index in [1.807, 2.05) is 30.3 Å². The molecule has 1 fully saturated rings. The van der Waals surface area contributed by atoms with E-state index in [2.05, 4.69) is 25.8 Å². The Balaban J connectivity index is 1.85. The Morgan fingerprint density at radius 1 is 1.03 bits per heavy atom. The van der Waals surface area contributed by atoms with Crippen molar-refractivity contribution in [1.29, 1.82) is 0 Å². The van der Waals surface area contributed by atoms with Gasteiger partial charge < -0.3 is 10.0 Å². The fraction of sp³-hybridized carbons (Fsp3) is 0.222. The third-order valence-corrected chi connectivity index (χ3v) is 5.83. The molecule has 33 heavy (non-hydrogen) atoms. The average Bonchev–Trinajstić information content (AvgIpc) is 3.04. The molecule has 1 atom stereocenters. The number of benzene rings is 2. The normalized spacial score (nSPS) is 18.1. The van der Waals surface area contributed by atoms with Crippen molar-refractivity contribution in [2.24, 2.45) is 0 Å². The number of ketones is 1. The van der Waals surface area contributed by atoms with E-state index in [0.29, 0.717) is 5.56 Å². The number of carbonyl (C=O) groups is 2. The van der Waals surface area contributed by atoms with Crippen LogP contribution in [0.15, 0.2) is 78.6 Å². The molecule has 5 nitrogen and oxygen atoms in total. The Kier molecular flexibility index (Phi) is 5.85. The van der Waals surface area contributed by atoms with Crippen molar-refractivity contribution < 1.29 is 19.1 Å². The van der Waals surface area contributed by atoms with E-state index in [1.165, 1.54) is 29.2 Å². The summed E-state index contributed by atoms with van der Waals surface area (Å²) < 4.78 is 13.4. The number of rotatable bonds is 4. The number of carbonyl (C=O) groups excluding carboxylic acids is 2. The summed E-state index contributed by atoms with van der Waals surface area (Å²) in [6.07, 6.45) is 3.27. The molecule has 3 aromatic rings. The first-order valence-electron chi connectivity index (χ1n) is 10.7. The van der Waals surface area contributed by atoms with Crippen molar-refractivity contribution >= 4 is 17.4 Å². The number of hydrogen-bond donors (Lipinski definition) is 1. The summed E-state index contributed by atoms with van der Waals surface area (Å²) >= 11 is 0. The number of aliphatic hydroxyl groups excluding tert-OH is 1. The van der Waals surface area contributed by atoms with Gasteiger partial charge in [-0.3, -0.25) is 14.6 Å². The zero-order valence-corrected chi connectivity index (χ0v) is 18.7. The molecule has 2 aromatic carbocycles. The topological polar surface area (TPSA) is 70.5 Å². The number of Topliss-reactive ketones (excluding diaryl/α,β-unsaturated/α-hetero) is 1. The second-order valence-electron chi connectivity index (χ2n) is 9.17. The fourth-order valence-corrected chi connectivity index (χ4v) is 4.01. The molecule has 1 aromatic heterocycles. The van der Waals surface area contributed by atoms with Gasteiger partial charge in [0, 0.05) is 24.5 Å². The van der Waals surface area contributed by atoms with Crippen LogP contribution >= 0.6 is 0 Å². The van der Waals surface area contributed by atoms with Gasteiger partial charge in [-0.15, -0.1) is 0 Å². The van der Waals surface area contributed by atoms with Crippen molar-refractivity contribution in [2.45, 2.75) is 38.8 Å². The zero-order valence-electron chi connectivity index (χ0n) is 18.7. The third kappa shape index (κ3) is 4.42. The Morgan fingerprint density at radius 3 is 2.27 bits per heavy atom. The SMILES string of the molecule is CC(C)(C)c1ccc([C@H]2C(=C(O)c3ccc(F)cc3)C(=O)C(=O)N2Cc2cccnc2)cc1. The standard InChI is InChI=1S/C27H25FN2O3/c1-27(2,3)20-10-6-18(7-11-20)23-22(24(31)19-8-12-21(28)13-9-19)25(32)26(33)30(23)16-17-5-4-14-29-15-17/h4-15,23,31H,16H2,1-3H3/t23-/m0/s1. The zero-order chi connectivity index (χ0) is 23.8. The van der Waals surface area contributed by atoms with Crippen LogP contribution in [0.1, 0.15) is 49.1 Å². The molecule has 4 rings (SSSR count). The van der Waals surface area contributed by atoms with Crippen molar-refractivity contribution in [2.75, 3.05) is 0 Å². The van der Waals surface area contributed by atoms with E-state index in [9.17, 15) is 19.1 Å². The first-order valence-corrected chi connectivity index (χ1v) is 10.7. The molecule has 0 bridgehead atoms. The summed E-state index contributed by atoms with van der Waals surface area (Å²) in [4.78, 5) is 31.7. The number of likely N-dealkylation sites (tertiary alicyclic amines) is 1. The first kappa shape index (κ1) is 22.4. The van der Waals surface area contributed by atoms with Gasteiger partial charge in [0.05, 0.1) is 11.6 Å². The highest BCUT2D eigenvalue weighted by atomic mass is 19.1. The van der Waals surface area contributed by atoms with Gasteiger partial charge in [0.15, 0.2) is 0 Å². The highest BCUT2D eigenvalue weighted by Gasteiger charge is 2.46. The van der Waals surface area contributed by atoms with E-state index < -0.39 is 23.5 Å². The number of nitrogens with zero attached hydrogens (tertiary/aromatic N) is 2. The lowest BCUT2D eigenvalue weighted by Crippen LogP contribution is -2.29. The van der Waals surface area contributed by atoms with E-state index in [1.54, 1.807) is 18.5 Å². The van der Waals surface area contributed by atoms with Crippen LogP contribution in [0.4, 0.5) is 4.39 Å². The highest BCUT2D eigenvalue weighted by molar-refractivity contribution is 6.46. The number of halogens is 1. The molecule has 0 unspecified atom stereocenters. The summed E-state index contributed by atoms with van der Waals surface area (Å²) in [5.74, 6) is -2.26. The molecule has 1 N–H and O–H groups in total. The predicted molar refractivity (Wildman–Crippen MR) is 124 cm³/mol. The van der Waals surface area contributed by atoms with Crippen LogP contribution < -0.4 is 0 Å². The van der Waals surface area contributed by atoms with Gasteiger partial charge in [-0.05, 0) is 52.4 Å². The summed E-state index contributed by atoms with van der Waals surface area (Å²) in [5.41, 5.74) is 2.76. The maximum absolute atomic E-state index is 13.4. The molecular weight excluding hydrogens is 419 g/mol. The van der Waals surface area contributed by atoms with Crippen LogP contribution in [0.5, 0.6) is 0 Å². The second-order valence-corrected chi connectivity index (χ2v) is 9.17. The Morgan fingerprint density at radius 2 is 1.70 bits per heavy atom. The molecule has 1 amide bonds. The average molecular weight is 445 g/mol. The number of amides is 1. The minimum absolute atomic E-state index is 0.0148. The van der Waals surface area contributed by atoms with Gasteiger partial charge in [0.1, 0.15) is 11.6 Å². The molecule has 168 valence electrons. The first-order chi connectivity index (χ1) is 15.7. The van der Waals surface area contributed by atoms with Crippen molar-refractivity contribution in [3.63, 3.8) is 0 Å². The fourth-order valence-electron chi connectivity index (χ4n) is 4.01. The monoisotopic (exact) mass is 444 g/mol. The molecule has 0 spiro atoms. The molecule has 0 saturated carbocycles. The quantitative estimate of drug-likeness (QED) is 0.344. The van der Waals surface area contributed by atoms with Crippen LogP contribution in [0.3, 0.4) is 0 Å². The van der Waals surface area contributed by atoms with E-state index in [4.69, 9.17) is 0 Å². The number of aromatic nitrogens is 1. The van der Waals surface area contributed by atoms with Gasteiger partial charge >= 0.3 is 0 Å². The summed E-state index contributed by atoms with van der Waals surface area (Å²) in [6.45, 7) is 6.46. The van der Waals surface area contributed by atoms with Crippen molar-refractivity contribution in [3.8, 4) is 0 Å². The largest absolute Gasteiger partial charge is 0.507 e. The lowest BCUT2D eigenvalue weighted by molar-refractivity contribution is -0.140. The summed E-state index contributed by atoms with van der Waals surface area (Å²) in [5, 5.41) is 11.0. The van der Waals surface area contributed by atoms with Gasteiger partial charge in [0.2, 0.25) is 0 Å². The van der Waals surface area contributed by atoms with Gasteiger partial charge in [-0.25, -0.2) is 4.39 Å². The maximum atomic E-state index is 13.4. The smallest absolute Gasteiger partial charge is 0.295 e.